The first-order valence-electron chi connectivity index (χ1n) is 13.5. The number of hydrogen-bond acceptors (Lipinski definition) is 2. The van der Waals surface area contributed by atoms with Crippen molar-refractivity contribution in [2.75, 3.05) is 0 Å². The summed E-state index contributed by atoms with van der Waals surface area (Å²) in [6, 6.07) is 45.1. The maximum atomic E-state index is 5.10. The van der Waals surface area contributed by atoms with Crippen molar-refractivity contribution in [2.24, 2.45) is 0 Å². The predicted molar refractivity (Wildman–Crippen MR) is 165 cm³/mol. The van der Waals surface area contributed by atoms with Crippen molar-refractivity contribution in [3.05, 3.63) is 134 Å². The van der Waals surface area contributed by atoms with Crippen LogP contribution in [0.1, 0.15) is 0 Å². The molecule has 0 saturated heterocycles. The van der Waals surface area contributed by atoms with E-state index >= 15 is 0 Å². The number of pyridine rings is 3. The Morgan fingerprint density at radius 1 is 0.450 bits per heavy atom. The molecule has 0 aliphatic carbocycles. The quantitative estimate of drug-likeness (QED) is 0.218. The number of hydrogen-bond donors (Lipinski definition) is 0. The molecule has 4 heteroatoms. The van der Waals surface area contributed by atoms with Crippen molar-refractivity contribution >= 4 is 59.9 Å². The van der Waals surface area contributed by atoms with Gasteiger partial charge in [0.05, 0.1) is 39.0 Å². The highest BCUT2D eigenvalue weighted by atomic mass is 15.1. The van der Waals surface area contributed by atoms with Crippen LogP contribution in [-0.2, 0) is 0 Å². The Kier molecular flexibility index (Phi) is 4.30. The molecule has 9 aromatic rings. The van der Waals surface area contributed by atoms with Crippen molar-refractivity contribution < 1.29 is 0 Å². The predicted octanol–water partition coefficient (Wildman–Crippen LogP) is 8.95. The Morgan fingerprint density at radius 2 is 1.15 bits per heavy atom. The largest absolute Gasteiger partial charge is 0.309 e. The Morgan fingerprint density at radius 3 is 2.00 bits per heavy atom. The number of fused-ring (bicyclic) bond motifs is 12. The highest BCUT2D eigenvalue weighted by Gasteiger charge is 2.20. The Labute approximate surface area is 229 Å². The second kappa shape index (κ2) is 8.01. The molecule has 5 aromatic heterocycles. The zero-order valence-corrected chi connectivity index (χ0v) is 21.5. The van der Waals surface area contributed by atoms with Gasteiger partial charge >= 0.3 is 0 Å². The number of benzene rings is 4. The molecule has 0 unspecified atom stereocenters. The van der Waals surface area contributed by atoms with E-state index in [9.17, 15) is 0 Å². The maximum Gasteiger partial charge on any atom is 0.138 e. The van der Waals surface area contributed by atoms with Crippen LogP contribution in [0.15, 0.2) is 134 Å². The minimum Gasteiger partial charge on any atom is -0.309 e. The van der Waals surface area contributed by atoms with Gasteiger partial charge in [0.1, 0.15) is 5.82 Å². The van der Waals surface area contributed by atoms with Crippen LogP contribution in [0, 0.1) is 0 Å². The average Bonchev–Trinajstić information content (AvgIpc) is 3.58. The number of nitrogens with zero attached hydrogens (tertiary/aromatic N) is 4. The van der Waals surface area contributed by atoms with Gasteiger partial charge in [-0.05, 0) is 54.6 Å². The average molecular weight is 511 g/mol. The van der Waals surface area contributed by atoms with E-state index in [1.807, 2.05) is 30.5 Å². The standard InChI is InChI=1S/C36H22N4/c1-4-15-29-23(10-1)22-33-26-19-20-32-36(35(26)24-11-2-5-16-30(24)39(29)33)25-12-3-6-17-31(25)40(32)34-18-9-14-28(38-34)27-13-7-8-21-37-27/h1-22H. The summed E-state index contributed by atoms with van der Waals surface area (Å²) >= 11 is 0. The van der Waals surface area contributed by atoms with Gasteiger partial charge in [0.2, 0.25) is 0 Å². The van der Waals surface area contributed by atoms with Crippen molar-refractivity contribution in [3.63, 3.8) is 0 Å². The van der Waals surface area contributed by atoms with Crippen LogP contribution >= 0.6 is 0 Å². The van der Waals surface area contributed by atoms with Crippen LogP contribution in [-0.4, -0.2) is 18.9 Å². The van der Waals surface area contributed by atoms with Crippen molar-refractivity contribution in [1.82, 2.24) is 18.9 Å². The molecular formula is C36H22N4. The van der Waals surface area contributed by atoms with Gasteiger partial charge in [-0.25, -0.2) is 4.98 Å². The molecule has 0 radical (unpaired) electrons. The Bertz CT molecular complexity index is 2430. The normalized spacial score (nSPS) is 12.0. The molecule has 4 nitrogen and oxygen atoms in total. The van der Waals surface area contributed by atoms with Gasteiger partial charge in [-0.1, -0.05) is 72.8 Å². The zero-order chi connectivity index (χ0) is 26.2. The number of rotatable bonds is 2. The molecular weight excluding hydrogens is 488 g/mol. The van der Waals surface area contributed by atoms with E-state index in [1.54, 1.807) is 0 Å². The monoisotopic (exact) mass is 510 g/mol. The third kappa shape index (κ3) is 2.85. The zero-order valence-electron chi connectivity index (χ0n) is 21.5. The van der Waals surface area contributed by atoms with Gasteiger partial charge < -0.3 is 4.40 Å². The molecule has 0 aliphatic heterocycles. The summed E-state index contributed by atoms with van der Waals surface area (Å²) < 4.78 is 4.71. The molecule has 0 spiro atoms. The minimum absolute atomic E-state index is 0.858. The summed E-state index contributed by atoms with van der Waals surface area (Å²) in [6.45, 7) is 0. The van der Waals surface area contributed by atoms with Crippen LogP contribution in [0.5, 0.6) is 0 Å². The van der Waals surface area contributed by atoms with E-state index in [0.717, 1.165) is 28.2 Å². The van der Waals surface area contributed by atoms with Crippen LogP contribution in [0.2, 0.25) is 0 Å². The first-order valence-corrected chi connectivity index (χ1v) is 13.5. The smallest absolute Gasteiger partial charge is 0.138 e. The summed E-state index contributed by atoms with van der Waals surface area (Å²) in [5.74, 6) is 0.882. The van der Waals surface area contributed by atoms with E-state index in [1.165, 1.54) is 48.9 Å². The second-order valence-electron chi connectivity index (χ2n) is 10.3. The second-order valence-corrected chi connectivity index (χ2v) is 10.3. The molecule has 4 aromatic carbocycles. The van der Waals surface area contributed by atoms with Crippen molar-refractivity contribution in [3.8, 4) is 17.2 Å². The van der Waals surface area contributed by atoms with Crippen molar-refractivity contribution in [2.45, 2.75) is 0 Å². The Balaban J connectivity index is 1.47. The summed E-state index contributed by atoms with van der Waals surface area (Å²) in [5.41, 5.74) is 7.68. The fraction of sp³-hybridized carbons (Fsp3) is 0. The minimum atomic E-state index is 0.858. The lowest BCUT2D eigenvalue weighted by Gasteiger charge is -2.12. The van der Waals surface area contributed by atoms with Gasteiger partial charge in [0.15, 0.2) is 0 Å². The van der Waals surface area contributed by atoms with Gasteiger partial charge in [0, 0.05) is 38.5 Å². The molecule has 40 heavy (non-hydrogen) atoms. The molecule has 0 N–H and O–H groups in total. The lowest BCUT2D eigenvalue weighted by atomic mass is 9.99. The van der Waals surface area contributed by atoms with Gasteiger partial charge in [-0.2, -0.15) is 0 Å². The fourth-order valence-electron chi connectivity index (χ4n) is 6.50. The molecule has 0 saturated carbocycles. The van der Waals surface area contributed by atoms with Crippen LogP contribution in [0.25, 0.3) is 77.1 Å². The first kappa shape index (κ1) is 21.5. The maximum absolute atomic E-state index is 5.10. The topological polar surface area (TPSA) is 35.1 Å². The highest BCUT2D eigenvalue weighted by Crippen LogP contribution is 2.42. The third-order valence-electron chi connectivity index (χ3n) is 8.13. The summed E-state index contributed by atoms with van der Waals surface area (Å²) in [4.78, 5) is 9.65. The molecule has 0 amide bonds. The SMILES string of the molecule is c1ccc(-c2cccc(-n3c4ccccc4c4c5c6ccccc6n6c7ccccc7cc6c5ccc43)n2)nc1. The molecule has 0 atom stereocenters. The van der Waals surface area contributed by atoms with Gasteiger partial charge in [-0.15, -0.1) is 0 Å². The van der Waals surface area contributed by atoms with Crippen LogP contribution in [0.4, 0.5) is 0 Å². The van der Waals surface area contributed by atoms with E-state index in [0.29, 0.717) is 0 Å². The van der Waals surface area contributed by atoms with Crippen molar-refractivity contribution in [1.29, 1.82) is 0 Å². The van der Waals surface area contributed by atoms with E-state index in [4.69, 9.17) is 4.98 Å². The fourth-order valence-corrected chi connectivity index (χ4v) is 6.50. The number of aromatic nitrogens is 4. The summed E-state index contributed by atoms with van der Waals surface area (Å²) in [7, 11) is 0. The Hall–Kier alpha value is -5.48. The molecule has 0 bridgehead atoms. The van der Waals surface area contributed by atoms with Gasteiger partial charge in [-0.3, -0.25) is 9.55 Å². The van der Waals surface area contributed by atoms with E-state index in [-0.39, 0.29) is 0 Å². The third-order valence-corrected chi connectivity index (χ3v) is 8.13. The lowest BCUT2D eigenvalue weighted by molar-refractivity contribution is 1.08. The van der Waals surface area contributed by atoms with E-state index < -0.39 is 0 Å². The lowest BCUT2D eigenvalue weighted by Crippen LogP contribution is -1.99. The van der Waals surface area contributed by atoms with E-state index in [2.05, 4.69) is 117 Å². The molecule has 0 fully saturated rings. The van der Waals surface area contributed by atoms with Gasteiger partial charge in [0.25, 0.3) is 0 Å². The molecule has 5 heterocycles. The first-order chi connectivity index (χ1) is 19.9. The van der Waals surface area contributed by atoms with Crippen LogP contribution < -0.4 is 0 Å². The summed E-state index contributed by atoms with van der Waals surface area (Å²) in [6.07, 6.45) is 1.81. The van der Waals surface area contributed by atoms with Crippen LogP contribution in [0.3, 0.4) is 0 Å². The number of para-hydroxylation sites is 3. The highest BCUT2D eigenvalue weighted by molar-refractivity contribution is 6.31. The summed E-state index contributed by atoms with van der Waals surface area (Å²) in [5, 5.41) is 7.49. The molecule has 186 valence electrons. The molecule has 0 aliphatic rings. The molecule has 9 rings (SSSR count).